The molecule has 0 saturated carbocycles. The average molecular weight is 547 g/mol. The number of nitrogens with one attached hydrogen (secondary N) is 1. The lowest BCUT2D eigenvalue weighted by atomic mass is 9.98. The number of pyridine rings is 1. The number of aromatic nitrogens is 3. The van der Waals surface area contributed by atoms with E-state index in [2.05, 4.69) is 43.7 Å². The summed E-state index contributed by atoms with van der Waals surface area (Å²) >= 11 is 0. The number of hydrogen-bond donors (Lipinski definition) is 1. The Morgan fingerprint density at radius 1 is 1.00 bits per heavy atom. The van der Waals surface area contributed by atoms with Crippen LogP contribution in [0.4, 0.5) is 14.6 Å². The van der Waals surface area contributed by atoms with Gasteiger partial charge in [-0.1, -0.05) is 18.7 Å². The zero-order valence-electron chi connectivity index (χ0n) is 22.4. The van der Waals surface area contributed by atoms with Gasteiger partial charge in [0.2, 0.25) is 0 Å². The molecule has 1 fully saturated rings. The van der Waals surface area contributed by atoms with Gasteiger partial charge < -0.3 is 19.7 Å². The lowest BCUT2D eigenvalue weighted by Crippen LogP contribution is -2.41. The molecular weight excluding hydrogens is 518 g/mol. The third-order valence-electron chi connectivity index (χ3n) is 6.80. The van der Waals surface area contributed by atoms with Gasteiger partial charge in [0.25, 0.3) is 5.91 Å². The molecule has 0 radical (unpaired) electrons. The van der Waals surface area contributed by atoms with Crippen LogP contribution in [0.1, 0.15) is 15.9 Å². The lowest BCUT2D eigenvalue weighted by molar-refractivity contribution is 0.102. The molecule has 0 atom stereocenters. The third kappa shape index (κ3) is 5.15. The van der Waals surface area contributed by atoms with Crippen molar-refractivity contribution in [3.05, 3.63) is 84.0 Å². The molecule has 206 valence electrons. The molecule has 0 spiro atoms. The predicted octanol–water partition coefficient (Wildman–Crippen LogP) is 4.50. The maximum atomic E-state index is 15.3. The van der Waals surface area contributed by atoms with Gasteiger partial charge in [-0.3, -0.25) is 19.7 Å². The van der Waals surface area contributed by atoms with E-state index >= 15 is 8.78 Å². The number of methoxy groups -OCH3 is 2. The van der Waals surface area contributed by atoms with Gasteiger partial charge in [0.15, 0.2) is 23.1 Å². The van der Waals surface area contributed by atoms with E-state index in [1.165, 1.54) is 38.7 Å². The molecule has 1 saturated heterocycles. The van der Waals surface area contributed by atoms with Crippen LogP contribution >= 0.6 is 0 Å². The van der Waals surface area contributed by atoms with Crippen LogP contribution in [0.2, 0.25) is 0 Å². The Morgan fingerprint density at radius 3 is 2.33 bits per heavy atom. The van der Waals surface area contributed by atoms with E-state index in [9.17, 15) is 4.79 Å². The van der Waals surface area contributed by atoms with Crippen LogP contribution in [0, 0.1) is 11.6 Å². The quantitative estimate of drug-likeness (QED) is 0.362. The van der Waals surface area contributed by atoms with Crippen molar-refractivity contribution < 1.29 is 23.0 Å². The van der Waals surface area contributed by atoms with E-state index < -0.39 is 23.1 Å². The number of halogens is 2. The van der Waals surface area contributed by atoms with Crippen molar-refractivity contribution in [3.8, 4) is 22.6 Å². The number of rotatable bonds is 7. The van der Waals surface area contributed by atoms with Gasteiger partial charge in [-0.15, -0.1) is 0 Å². The van der Waals surface area contributed by atoms with E-state index in [1.54, 1.807) is 12.3 Å². The normalized spacial score (nSPS) is 13.9. The van der Waals surface area contributed by atoms with Gasteiger partial charge in [0, 0.05) is 62.1 Å². The van der Waals surface area contributed by atoms with Gasteiger partial charge in [-0.05, 0) is 24.7 Å². The van der Waals surface area contributed by atoms with Crippen molar-refractivity contribution in [1.82, 2.24) is 24.8 Å². The summed E-state index contributed by atoms with van der Waals surface area (Å²) in [5, 5.41) is 2.77. The van der Waals surface area contributed by atoms with Crippen LogP contribution in [-0.2, 0) is 6.54 Å². The number of benzene rings is 2. The van der Waals surface area contributed by atoms with Crippen LogP contribution < -0.4 is 14.8 Å². The van der Waals surface area contributed by atoms with Crippen LogP contribution in [0.25, 0.3) is 22.2 Å². The minimum Gasteiger partial charge on any atom is -0.494 e. The first-order valence-electron chi connectivity index (χ1n) is 12.5. The summed E-state index contributed by atoms with van der Waals surface area (Å²) in [4.78, 5) is 30.7. The maximum Gasteiger partial charge on any atom is 0.259 e. The highest BCUT2D eigenvalue weighted by molar-refractivity contribution is 6.13. The highest BCUT2D eigenvalue weighted by atomic mass is 19.1. The first-order chi connectivity index (χ1) is 19.3. The molecular formula is C29H28F2N6O3. The molecule has 3 heterocycles. The van der Waals surface area contributed by atoms with Gasteiger partial charge in [-0.25, -0.2) is 13.8 Å². The number of anilines is 1. The topological polar surface area (TPSA) is 92.7 Å². The lowest BCUT2D eigenvalue weighted by Gasteiger charge is -2.35. The molecule has 4 aromatic rings. The second kappa shape index (κ2) is 11.2. The van der Waals surface area contributed by atoms with Crippen LogP contribution in [0.15, 0.2) is 61.2 Å². The summed E-state index contributed by atoms with van der Waals surface area (Å²) in [7, 11) is 4.61. The third-order valence-corrected chi connectivity index (χ3v) is 6.80. The van der Waals surface area contributed by atoms with Gasteiger partial charge in [-0.2, -0.15) is 0 Å². The number of hydrogen-bond acceptors (Lipinski definition) is 8. The summed E-state index contributed by atoms with van der Waals surface area (Å²) in [5.41, 5.74) is 2.22. The molecule has 1 aliphatic rings. The molecule has 0 aliphatic carbocycles. The van der Waals surface area contributed by atoms with E-state index in [1.807, 2.05) is 6.07 Å². The van der Waals surface area contributed by atoms with Crippen molar-refractivity contribution in [2.24, 2.45) is 0 Å². The first-order valence-corrected chi connectivity index (χ1v) is 12.5. The molecule has 2 aromatic heterocycles. The fourth-order valence-corrected chi connectivity index (χ4v) is 4.69. The fourth-order valence-electron chi connectivity index (χ4n) is 4.69. The van der Waals surface area contributed by atoms with Crippen LogP contribution in [0.3, 0.4) is 0 Å². The van der Waals surface area contributed by atoms with Crippen molar-refractivity contribution >= 4 is 22.8 Å². The molecule has 1 amide bonds. The molecule has 0 bridgehead atoms. The van der Waals surface area contributed by atoms with Crippen LogP contribution in [0.5, 0.6) is 11.5 Å². The Balaban J connectivity index is 1.42. The maximum absolute atomic E-state index is 15.3. The smallest absolute Gasteiger partial charge is 0.259 e. The second-order valence-corrected chi connectivity index (χ2v) is 9.43. The number of nitrogens with zero attached hydrogens (tertiary/aromatic N) is 5. The molecule has 40 heavy (non-hydrogen) atoms. The zero-order chi connectivity index (χ0) is 28.4. The SMILES string of the molecule is C=C1CN(C)CCN1Cc1ccc(NC(=O)c2ccc(-c3c(F)c(OC)cc(OC)c3F)c3nccnc23)nc1. The molecule has 1 N–H and O–H groups in total. The van der Waals surface area contributed by atoms with Crippen molar-refractivity contribution in [2.75, 3.05) is 46.2 Å². The fraction of sp³-hybridized carbons (Fsp3) is 0.241. The first kappa shape index (κ1) is 26.9. The number of fused-ring (bicyclic) bond motifs is 1. The van der Waals surface area contributed by atoms with E-state index in [0.717, 1.165) is 37.0 Å². The number of piperazine rings is 1. The monoisotopic (exact) mass is 546 g/mol. The highest BCUT2D eigenvalue weighted by Gasteiger charge is 2.25. The van der Waals surface area contributed by atoms with E-state index in [-0.39, 0.29) is 33.7 Å². The molecule has 2 aromatic carbocycles. The van der Waals surface area contributed by atoms with Crippen molar-refractivity contribution in [1.29, 1.82) is 0 Å². The summed E-state index contributed by atoms with van der Waals surface area (Å²) in [5.74, 6) is -2.38. The predicted molar refractivity (Wildman–Crippen MR) is 147 cm³/mol. The Morgan fingerprint density at radius 2 is 1.70 bits per heavy atom. The Labute approximate surface area is 230 Å². The van der Waals surface area contributed by atoms with Gasteiger partial charge in [0.05, 0.1) is 30.9 Å². The summed E-state index contributed by atoms with van der Waals surface area (Å²) in [6.07, 6.45) is 4.50. The van der Waals surface area contributed by atoms with E-state index in [4.69, 9.17) is 9.47 Å². The Hall–Kier alpha value is -4.64. The van der Waals surface area contributed by atoms with Gasteiger partial charge in [0.1, 0.15) is 11.3 Å². The minimum absolute atomic E-state index is 0.0971. The number of likely N-dealkylation sites (N-methyl/N-ethyl adjacent to an activating group) is 1. The van der Waals surface area contributed by atoms with Crippen LogP contribution in [-0.4, -0.2) is 71.6 Å². The standard InChI is InChI=1S/C29H28F2N6O3/c1-17-15-36(2)11-12-37(17)16-18-5-8-23(34-14-18)35-29(38)20-7-6-19(27-28(20)33-10-9-32-27)24-25(30)21(39-3)13-22(40-4)26(24)31/h5-10,13-14H,1,11-12,15-16H2,2-4H3,(H,34,35,38). The summed E-state index contributed by atoms with van der Waals surface area (Å²) < 4.78 is 40.7. The molecule has 0 unspecified atom stereocenters. The molecule has 1 aliphatic heterocycles. The Kier molecular flexibility index (Phi) is 7.56. The second-order valence-electron chi connectivity index (χ2n) is 9.43. The van der Waals surface area contributed by atoms with Gasteiger partial charge >= 0.3 is 0 Å². The van der Waals surface area contributed by atoms with Crippen molar-refractivity contribution in [3.63, 3.8) is 0 Å². The molecule has 5 rings (SSSR count). The number of amides is 1. The Bertz CT molecular complexity index is 1570. The number of carbonyl (C=O) groups is 1. The largest absolute Gasteiger partial charge is 0.494 e. The zero-order valence-corrected chi connectivity index (χ0v) is 22.4. The number of carbonyl (C=O) groups excluding carboxylic acids is 1. The summed E-state index contributed by atoms with van der Waals surface area (Å²) in [6.45, 7) is 7.49. The molecule has 11 heteroatoms. The summed E-state index contributed by atoms with van der Waals surface area (Å²) in [6, 6.07) is 7.62. The highest BCUT2D eigenvalue weighted by Crippen LogP contribution is 2.40. The van der Waals surface area contributed by atoms with E-state index in [0.29, 0.717) is 12.4 Å². The van der Waals surface area contributed by atoms with Crippen molar-refractivity contribution in [2.45, 2.75) is 6.54 Å². The average Bonchev–Trinajstić information content (AvgIpc) is 2.95. The number of ether oxygens (including phenoxy) is 2. The molecule has 9 nitrogen and oxygen atoms in total. The minimum atomic E-state index is -0.922.